The molecule has 0 fully saturated rings. The van der Waals surface area contributed by atoms with Gasteiger partial charge in [0, 0.05) is 6.42 Å². The molecule has 0 aliphatic rings. The SMILES string of the molecule is CSCCC(NC(=O)C(CCSC)NC(=O)C(Cc1ccc(O)cc1)NC(=O)C(C)N)C(=O)O. The Morgan fingerprint density at radius 1 is 0.853 bits per heavy atom. The molecule has 0 saturated heterocycles. The van der Waals surface area contributed by atoms with Gasteiger partial charge in [0.25, 0.3) is 0 Å². The highest BCUT2D eigenvalue weighted by Gasteiger charge is 2.29. The van der Waals surface area contributed by atoms with Gasteiger partial charge in [-0.25, -0.2) is 4.79 Å². The fourth-order valence-electron chi connectivity index (χ4n) is 2.92. The van der Waals surface area contributed by atoms with E-state index < -0.39 is 47.9 Å². The van der Waals surface area contributed by atoms with Gasteiger partial charge in [-0.3, -0.25) is 14.4 Å². The molecule has 12 heteroatoms. The molecule has 0 radical (unpaired) electrons. The van der Waals surface area contributed by atoms with Crippen molar-refractivity contribution in [3.8, 4) is 5.75 Å². The summed E-state index contributed by atoms with van der Waals surface area (Å²) >= 11 is 2.95. The van der Waals surface area contributed by atoms with Gasteiger partial charge >= 0.3 is 5.97 Å². The largest absolute Gasteiger partial charge is 0.508 e. The minimum Gasteiger partial charge on any atom is -0.508 e. The molecule has 0 heterocycles. The maximum atomic E-state index is 13.1. The normalized spacial score (nSPS) is 14.4. The monoisotopic (exact) mass is 514 g/mol. The van der Waals surface area contributed by atoms with E-state index in [4.69, 9.17) is 5.73 Å². The third-order valence-corrected chi connectivity index (χ3v) is 6.18. The summed E-state index contributed by atoms with van der Waals surface area (Å²) in [5.41, 5.74) is 6.31. The molecule has 3 amide bonds. The number of thioether (sulfide) groups is 2. The maximum absolute atomic E-state index is 13.1. The van der Waals surface area contributed by atoms with Crippen LogP contribution in [0.15, 0.2) is 24.3 Å². The molecule has 34 heavy (non-hydrogen) atoms. The number of nitrogens with two attached hydrogens (primary N) is 1. The van der Waals surface area contributed by atoms with Gasteiger partial charge < -0.3 is 31.9 Å². The molecule has 190 valence electrons. The lowest BCUT2D eigenvalue weighted by molar-refractivity contribution is -0.142. The van der Waals surface area contributed by atoms with E-state index in [9.17, 15) is 29.4 Å². The van der Waals surface area contributed by atoms with Crippen molar-refractivity contribution in [3.63, 3.8) is 0 Å². The number of carboxylic acid groups (broad SMARTS) is 1. The Labute approximate surface area is 208 Å². The first-order chi connectivity index (χ1) is 16.1. The Balaban J connectivity index is 3.03. The van der Waals surface area contributed by atoms with Crippen LogP contribution >= 0.6 is 23.5 Å². The lowest BCUT2D eigenvalue weighted by Crippen LogP contribution is -2.57. The zero-order valence-electron chi connectivity index (χ0n) is 19.6. The van der Waals surface area contributed by atoms with E-state index in [1.54, 1.807) is 12.1 Å². The van der Waals surface area contributed by atoms with E-state index in [0.29, 0.717) is 17.1 Å². The summed E-state index contributed by atoms with van der Waals surface area (Å²) in [5, 5.41) is 26.7. The summed E-state index contributed by atoms with van der Waals surface area (Å²) in [7, 11) is 0. The van der Waals surface area contributed by atoms with Gasteiger partial charge in [0.05, 0.1) is 6.04 Å². The van der Waals surface area contributed by atoms with Gasteiger partial charge in [0.15, 0.2) is 0 Å². The summed E-state index contributed by atoms with van der Waals surface area (Å²) in [4.78, 5) is 49.7. The Morgan fingerprint density at radius 3 is 1.82 bits per heavy atom. The number of carbonyl (C=O) groups is 4. The number of carbonyl (C=O) groups excluding carboxylic acids is 3. The van der Waals surface area contributed by atoms with Crippen LogP contribution in [0.2, 0.25) is 0 Å². The first-order valence-corrected chi connectivity index (χ1v) is 13.5. The van der Waals surface area contributed by atoms with Crippen LogP contribution < -0.4 is 21.7 Å². The molecule has 1 aromatic carbocycles. The van der Waals surface area contributed by atoms with E-state index in [0.717, 1.165) is 0 Å². The van der Waals surface area contributed by atoms with Gasteiger partial charge in [-0.15, -0.1) is 0 Å². The molecule has 4 unspecified atom stereocenters. The molecule has 0 spiro atoms. The quantitative estimate of drug-likeness (QED) is 0.193. The highest BCUT2D eigenvalue weighted by Crippen LogP contribution is 2.12. The van der Waals surface area contributed by atoms with Crippen LogP contribution in [0.25, 0.3) is 0 Å². The van der Waals surface area contributed by atoms with Crippen molar-refractivity contribution in [2.24, 2.45) is 5.73 Å². The second-order valence-corrected chi connectivity index (χ2v) is 9.72. The van der Waals surface area contributed by atoms with Crippen LogP contribution in [0, 0.1) is 0 Å². The zero-order chi connectivity index (χ0) is 25.7. The molecule has 1 rings (SSSR count). The minimum absolute atomic E-state index is 0.0626. The Morgan fingerprint density at radius 2 is 1.32 bits per heavy atom. The van der Waals surface area contributed by atoms with Crippen LogP contribution in [0.1, 0.15) is 25.3 Å². The fraction of sp³-hybridized carbons (Fsp3) is 0.545. The first-order valence-electron chi connectivity index (χ1n) is 10.7. The average molecular weight is 515 g/mol. The first kappa shape index (κ1) is 29.6. The molecule has 0 saturated carbocycles. The number of phenols is 1. The smallest absolute Gasteiger partial charge is 0.326 e. The van der Waals surface area contributed by atoms with Crippen molar-refractivity contribution in [3.05, 3.63) is 29.8 Å². The number of amides is 3. The van der Waals surface area contributed by atoms with Crippen LogP contribution in [0.5, 0.6) is 5.75 Å². The van der Waals surface area contributed by atoms with Crippen molar-refractivity contribution in [2.75, 3.05) is 24.0 Å². The number of rotatable bonds is 15. The fourth-order valence-corrected chi connectivity index (χ4v) is 3.87. The summed E-state index contributed by atoms with van der Waals surface area (Å²) in [6, 6.07) is 2.24. The average Bonchev–Trinajstić information content (AvgIpc) is 2.79. The summed E-state index contributed by atoms with van der Waals surface area (Å²) in [5.74, 6) is -1.71. The van der Waals surface area contributed by atoms with Crippen LogP contribution in [0.4, 0.5) is 0 Å². The molecular formula is C22H34N4O6S2. The predicted molar refractivity (Wildman–Crippen MR) is 135 cm³/mol. The lowest BCUT2D eigenvalue weighted by atomic mass is 10.0. The standard InChI is InChI=1S/C22H34N4O6S2/c1-13(23)19(28)26-18(12-14-4-6-15(27)7-5-14)21(30)24-16(8-10-33-2)20(29)25-17(22(31)32)9-11-34-3/h4-7,13,16-18,27H,8-12,23H2,1-3H3,(H,24,30)(H,25,29)(H,26,28)(H,31,32). The molecule has 0 bridgehead atoms. The van der Waals surface area contributed by atoms with Crippen LogP contribution in [-0.2, 0) is 25.6 Å². The molecule has 0 aliphatic carbocycles. The maximum Gasteiger partial charge on any atom is 0.326 e. The van der Waals surface area contributed by atoms with E-state index in [1.807, 2.05) is 12.5 Å². The summed E-state index contributed by atoms with van der Waals surface area (Å²) < 4.78 is 0. The van der Waals surface area contributed by atoms with Crippen molar-refractivity contribution in [2.45, 2.75) is 50.4 Å². The number of aliphatic carboxylic acids is 1. The van der Waals surface area contributed by atoms with Gasteiger partial charge in [-0.05, 0) is 61.5 Å². The third-order valence-electron chi connectivity index (χ3n) is 4.89. The number of hydrogen-bond donors (Lipinski definition) is 6. The van der Waals surface area contributed by atoms with E-state index >= 15 is 0 Å². The Hall–Kier alpha value is -2.44. The zero-order valence-corrected chi connectivity index (χ0v) is 21.2. The topological polar surface area (TPSA) is 171 Å². The second-order valence-electron chi connectivity index (χ2n) is 7.74. The van der Waals surface area contributed by atoms with E-state index in [1.165, 1.54) is 42.6 Å². The summed E-state index contributed by atoms with van der Waals surface area (Å²) in [6.45, 7) is 1.49. The number of aromatic hydroxyl groups is 1. The van der Waals surface area contributed by atoms with Gasteiger partial charge in [0.2, 0.25) is 17.7 Å². The molecular weight excluding hydrogens is 480 g/mol. The number of hydrogen-bond acceptors (Lipinski definition) is 8. The van der Waals surface area contributed by atoms with Crippen LogP contribution in [-0.4, -0.2) is 82.1 Å². The van der Waals surface area contributed by atoms with Gasteiger partial charge in [-0.2, -0.15) is 23.5 Å². The van der Waals surface area contributed by atoms with Gasteiger partial charge in [0.1, 0.15) is 23.9 Å². The van der Waals surface area contributed by atoms with E-state index in [-0.39, 0.29) is 25.0 Å². The Kier molecular flexibility index (Phi) is 13.5. The summed E-state index contributed by atoms with van der Waals surface area (Å²) in [6.07, 6.45) is 4.33. The van der Waals surface area contributed by atoms with E-state index in [2.05, 4.69) is 16.0 Å². The van der Waals surface area contributed by atoms with Crippen molar-refractivity contribution in [1.82, 2.24) is 16.0 Å². The second kappa shape index (κ2) is 15.5. The Bertz CT molecular complexity index is 822. The number of phenolic OH excluding ortho intramolecular Hbond substituents is 1. The van der Waals surface area contributed by atoms with Crippen molar-refractivity contribution < 1.29 is 29.4 Å². The highest BCUT2D eigenvalue weighted by atomic mass is 32.2. The lowest BCUT2D eigenvalue weighted by Gasteiger charge is -2.25. The molecule has 1 aromatic rings. The number of nitrogens with one attached hydrogen (secondary N) is 3. The van der Waals surface area contributed by atoms with Crippen molar-refractivity contribution in [1.29, 1.82) is 0 Å². The molecule has 0 aliphatic heterocycles. The number of carboxylic acids is 1. The van der Waals surface area contributed by atoms with Crippen LogP contribution in [0.3, 0.4) is 0 Å². The highest BCUT2D eigenvalue weighted by molar-refractivity contribution is 7.98. The predicted octanol–water partition coefficient (Wildman–Crippen LogP) is 0.327. The molecule has 7 N–H and O–H groups in total. The van der Waals surface area contributed by atoms with Crippen molar-refractivity contribution >= 4 is 47.2 Å². The molecule has 4 atom stereocenters. The molecule has 0 aromatic heterocycles. The molecule has 10 nitrogen and oxygen atoms in total. The number of benzene rings is 1. The third kappa shape index (κ3) is 10.7. The van der Waals surface area contributed by atoms with Gasteiger partial charge in [-0.1, -0.05) is 12.1 Å². The minimum atomic E-state index is -1.15.